The van der Waals surface area contributed by atoms with Crippen molar-refractivity contribution >= 4 is 29.2 Å². The van der Waals surface area contributed by atoms with Crippen LogP contribution in [-0.2, 0) is 14.4 Å². The molecule has 0 aliphatic rings. The van der Waals surface area contributed by atoms with E-state index in [0.717, 1.165) is 6.07 Å². The number of amides is 2. The SMILES string of the molecule is CC(=O)Nc1ccc(F)c(NC(=O)CC(C)(C)C(=O)O)c1. The summed E-state index contributed by atoms with van der Waals surface area (Å²) >= 11 is 0. The minimum Gasteiger partial charge on any atom is -0.481 e. The molecular formula is C14H17FN2O4. The molecule has 0 radical (unpaired) electrons. The maximum Gasteiger partial charge on any atom is 0.309 e. The Morgan fingerprint density at radius 3 is 2.38 bits per heavy atom. The molecule has 0 aliphatic heterocycles. The lowest BCUT2D eigenvalue weighted by Gasteiger charge is -2.18. The van der Waals surface area contributed by atoms with Gasteiger partial charge in [0.25, 0.3) is 0 Å². The van der Waals surface area contributed by atoms with Crippen molar-refractivity contribution in [1.29, 1.82) is 0 Å². The molecule has 3 N–H and O–H groups in total. The minimum absolute atomic E-state index is 0.118. The van der Waals surface area contributed by atoms with Gasteiger partial charge in [-0.25, -0.2) is 4.39 Å². The minimum atomic E-state index is -1.25. The molecule has 1 aromatic carbocycles. The topological polar surface area (TPSA) is 95.5 Å². The van der Waals surface area contributed by atoms with E-state index < -0.39 is 23.1 Å². The molecule has 1 aromatic rings. The molecule has 2 amide bonds. The molecule has 0 saturated carbocycles. The molecule has 0 heterocycles. The summed E-state index contributed by atoms with van der Waals surface area (Å²) in [7, 11) is 0. The summed E-state index contributed by atoms with van der Waals surface area (Å²) in [5.74, 6) is -2.75. The molecule has 7 heteroatoms. The van der Waals surface area contributed by atoms with Crippen molar-refractivity contribution in [2.45, 2.75) is 27.2 Å². The van der Waals surface area contributed by atoms with Crippen LogP contribution in [0.25, 0.3) is 0 Å². The highest BCUT2D eigenvalue weighted by atomic mass is 19.1. The van der Waals surface area contributed by atoms with E-state index >= 15 is 0 Å². The zero-order valence-corrected chi connectivity index (χ0v) is 12.0. The number of nitrogens with one attached hydrogen (secondary N) is 2. The van der Waals surface area contributed by atoms with Crippen LogP contribution in [0.5, 0.6) is 0 Å². The first-order valence-electron chi connectivity index (χ1n) is 6.22. The Balaban J connectivity index is 2.85. The summed E-state index contributed by atoms with van der Waals surface area (Å²) in [4.78, 5) is 33.7. The van der Waals surface area contributed by atoms with Crippen LogP contribution in [0.4, 0.5) is 15.8 Å². The van der Waals surface area contributed by atoms with E-state index in [1.165, 1.54) is 32.9 Å². The van der Waals surface area contributed by atoms with Gasteiger partial charge >= 0.3 is 5.97 Å². The predicted molar refractivity (Wildman–Crippen MR) is 75.4 cm³/mol. The number of carboxylic acid groups (broad SMARTS) is 1. The Morgan fingerprint density at radius 1 is 1.24 bits per heavy atom. The summed E-state index contributed by atoms with van der Waals surface area (Å²) < 4.78 is 13.6. The van der Waals surface area contributed by atoms with Crippen molar-refractivity contribution in [3.8, 4) is 0 Å². The van der Waals surface area contributed by atoms with E-state index in [2.05, 4.69) is 10.6 Å². The Bertz CT molecular complexity index is 584. The van der Waals surface area contributed by atoms with Crippen LogP contribution in [0.15, 0.2) is 18.2 Å². The lowest BCUT2D eigenvalue weighted by Crippen LogP contribution is -2.29. The molecule has 0 saturated heterocycles. The molecular weight excluding hydrogens is 279 g/mol. The zero-order valence-electron chi connectivity index (χ0n) is 12.0. The number of carbonyl (C=O) groups is 3. The summed E-state index contributed by atoms with van der Waals surface area (Å²) in [5, 5.41) is 13.7. The molecule has 0 spiro atoms. The van der Waals surface area contributed by atoms with Gasteiger partial charge in [-0.1, -0.05) is 0 Å². The Kier molecular flexibility index (Phi) is 5.02. The third-order valence-electron chi connectivity index (χ3n) is 2.74. The van der Waals surface area contributed by atoms with Gasteiger partial charge in [-0.15, -0.1) is 0 Å². The van der Waals surface area contributed by atoms with Crippen LogP contribution >= 0.6 is 0 Å². The number of anilines is 2. The number of carbonyl (C=O) groups excluding carboxylic acids is 2. The summed E-state index contributed by atoms with van der Waals surface area (Å²) in [6, 6.07) is 3.72. The Hall–Kier alpha value is -2.44. The third-order valence-corrected chi connectivity index (χ3v) is 2.74. The number of halogens is 1. The van der Waals surface area contributed by atoms with E-state index in [-0.39, 0.29) is 18.0 Å². The highest BCUT2D eigenvalue weighted by Crippen LogP contribution is 2.24. The fourth-order valence-electron chi connectivity index (χ4n) is 1.57. The number of carboxylic acids is 1. The van der Waals surface area contributed by atoms with Crippen LogP contribution in [0.1, 0.15) is 27.2 Å². The fraction of sp³-hybridized carbons (Fsp3) is 0.357. The molecule has 21 heavy (non-hydrogen) atoms. The standard InChI is InChI=1S/C14H17FN2O4/c1-8(18)16-9-4-5-10(15)11(6-9)17-12(19)7-14(2,3)13(20)21/h4-6H,7H2,1-3H3,(H,16,18)(H,17,19)(H,20,21). The summed E-state index contributed by atoms with van der Waals surface area (Å²) in [6.45, 7) is 4.11. The second kappa shape index (κ2) is 6.34. The van der Waals surface area contributed by atoms with Crippen molar-refractivity contribution in [2.24, 2.45) is 5.41 Å². The van der Waals surface area contributed by atoms with E-state index in [1.54, 1.807) is 0 Å². The number of hydrogen-bond donors (Lipinski definition) is 3. The fourth-order valence-corrected chi connectivity index (χ4v) is 1.57. The quantitative estimate of drug-likeness (QED) is 0.776. The maximum atomic E-state index is 13.6. The maximum absolute atomic E-state index is 13.6. The lowest BCUT2D eigenvalue weighted by atomic mass is 9.89. The second-order valence-electron chi connectivity index (χ2n) is 5.29. The van der Waals surface area contributed by atoms with Crippen molar-refractivity contribution in [3.63, 3.8) is 0 Å². The number of hydrogen-bond acceptors (Lipinski definition) is 3. The lowest BCUT2D eigenvalue weighted by molar-refractivity contribution is -0.149. The number of rotatable bonds is 5. The van der Waals surface area contributed by atoms with Crippen molar-refractivity contribution in [1.82, 2.24) is 0 Å². The average Bonchev–Trinajstić information content (AvgIpc) is 2.31. The van der Waals surface area contributed by atoms with Gasteiger partial charge < -0.3 is 15.7 Å². The van der Waals surface area contributed by atoms with Gasteiger partial charge in [0, 0.05) is 19.0 Å². The van der Waals surface area contributed by atoms with E-state index in [1.807, 2.05) is 0 Å². The van der Waals surface area contributed by atoms with Gasteiger partial charge in [0.15, 0.2) is 0 Å². The van der Waals surface area contributed by atoms with Gasteiger partial charge in [-0.05, 0) is 32.0 Å². The zero-order chi connectivity index (χ0) is 16.2. The summed E-state index contributed by atoms with van der Waals surface area (Å²) in [5.41, 5.74) is -1.04. The predicted octanol–water partition coefficient (Wildman–Crippen LogP) is 2.22. The second-order valence-corrected chi connectivity index (χ2v) is 5.29. The molecule has 0 aliphatic carbocycles. The highest BCUT2D eigenvalue weighted by Gasteiger charge is 2.30. The average molecular weight is 296 g/mol. The largest absolute Gasteiger partial charge is 0.481 e. The number of aliphatic carboxylic acids is 1. The van der Waals surface area contributed by atoms with E-state index in [4.69, 9.17) is 5.11 Å². The summed E-state index contributed by atoms with van der Waals surface area (Å²) in [6.07, 6.45) is -0.299. The molecule has 0 atom stereocenters. The van der Waals surface area contributed by atoms with E-state index in [0.29, 0.717) is 5.69 Å². The Morgan fingerprint density at radius 2 is 1.86 bits per heavy atom. The van der Waals surface area contributed by atoms with Crippen LogP contribution < -0.4 is 10.6 Å². The van der Waals surface area contributed by atoms with Crippen molar-refractivity contribution in [2.75, 3.05) is 10.6 Å². The first-order chi connectivity index (χ1) is 9.61. The first-order valence-corrected chi connectivity index (χ1v) is 6.22. The van der Waals surface area contributed by atoms with Gasteiger partial charge in [0.05, 0.1) is 11.1 Å². The van der Waals surface area contributed by atoms with E-state index in [9.17, 15) is 18.8 Å². The van der Waals surface area contributed by atoms with Crippen LogP contribution in [0.3, 0.4) is 0 Å². The Labute approximate surface area is 121 Å². The smallest absolute Gasteiger partial charge is 0.309 e. The van der Waals surface area contributed by atoms with Crippen LogP contribution in [-0.4, -0.2) is 22.9 Å². The molecule has 114 valence electrons. The molecule has 0 unspecified atom stereocenters. The molecule has 1 rings (SSSR count). The van der Waals surface area contributed by atoms with Gasteiger partial charge in [0.2, 0.25) is 11.8 Å². The first kappa shape index (κ1) is 16.6. The molecule has 0 fully saturated rings. The van der Waals surface area contributed by atoms with Crippen molar-refractivity contribution in [3.05, 3.63) is 24.0 Å². The van der Waals surface area contributed by atoms with Crippen LogP contribution in [0, 0.1) is 11.2 Å². The normalized spacial score (nSPS) is 10.9. The van der Waals surface area contributed by atoms with Gasteiger partial charge in [-0.2, -0.15) is 0 Å². The van der Waals surface area contributed by atoms with Crippen molar-refractivity contribution < 1.29 is 23.9 Å². The third kappa shape index (κ3) is 4.87. The monoisotopic (exact) mass is 296 g/mol. The van der Waals surface area contributed by atoms with Gasteiger partial charge in [-0.3, -0.25) is 14.4 Å². The van der Waals surface area contributed by atoms with Crippen LogP contribution in [0.2, 0.25) is 0 Å². The highest BCUT2D eigenvalue weighted by molar-refractivity contribution is 5.95. The van der Waals surface area contributed by atoms with Gasteiger partial charge in [0.1, 0.15) is 5.82 Å². The number of benzene rings is 1. The molecule has 0 bridgehead atoms. The molecule has 6 nitrogen and oxygen atoms in total. The molecule has 0 aromatic heterocycles.